The van der Waals surface area contributed by atoms with Crippen molar-refractivity contribution in [2.24, 2.45) is 5.92 Å². The second kappa shape index (κ2) is 5.32. The van der Waals surface area contributed by atoms with E-state index in [4.69, 9.17) is 4.74 Å². The van der Waals surface area contributed by atoms with Crippen LogP contribution in [0.4, 0.5) is 0 Å². The lowest BCUT2D eigenvalue weighted by atomic mass is 9.89. The number of hydrogen-bond donors (Lipinski definition) is 1. The highest BCUT2D eigenvalue weighted by molar-refractivity contribution is 7.81. The molecule has 1 rings (SSSR count). The number of carbonyl (C=O) groups excluding carboxylic acids is 1. The van der Waals surface area contributed by atoms with Gasteiger partial charge in [0.1, 0.15) is 6.61 Å². The predicted molar refractivity (Wildman–Crippen MR) is 55.9 cm³/mol. The molecule has 0 N–H and O–H groups in total. The molecular weight excluding hydrogens is 184 g/mol. The van der Waals surface area contributed by atoms with E-state index < -0.39 is 0 Å². The smallest absolute Gasteiger partial charge is 0.310 e. The van der Waals surface area contributed by atoms with Crippen molar-refractivity contribution in [3.05, 3.63) is 12.7 Å². The molecule has 0 aliphatic heterocycles. The second-order valence-corrected chi connectivity index (χ2v) is 4.04. The zero-order valence-electron chi connectivity index (χ0n) is 7.74. The SMILES string of the molecule is C=CCOC(=O)C1CCCCC1S. The van der Waals surface area contributed by atoms with Crippen molar-refractivity contribution < 1.29 is 9.53 Å². The minimum Gasteiger partial charge on any atom is -0.461 e. The number of esters is 1. The monoisotopic (exact) mass is 200 g/mol. The van der Waals surface area contributed by atoms with Crippen LogP contribution in [0.15, 0.2) is 12.7 Å². The van der Waals surface area contributed by atoms with Crippen LogP contribution in [0, 0.1) is 5.92 Å². The molecule has 74 valence electrons. The van der Waals surface area contributed by atoms with Crippen LogP contribution in [0.3, 0.4) is 0 Å². The molecule has 1 aliphatic rings. The highest BCUT2D eigenvalue weighted by Gasteiger charge is 2.29. The summed E-state index contributed by atoms with van der Waals surface area (Å²) in [5, 5.41) is 0.186. The van der Waals surface area contributed by atoms with Crippen molar-refractivity contribution in [1.29, 1.82) is 0 Å². The fourth-order valence-electron chi connectivity index (χ4n) is 1.63. The zero-order valence-corrected chi connectivity index (χ0v) is 8.63. The van der Waals surface area contributed by atoms with Gasteiger partial charge in [-0.1, -0.05) is 25.5 Å². The van der Waals surface area contributed by atoms with Crippen LogP contribution in [-0.2, 0) is 9.53 Å². The van der Waals surface area contributed by atoms with E-state index in [1.165, 1.54) is 6.42 Å². The largest absolute Gasteiger partial charge is 0.461 e. The van der Waals surface area contributed by atoms with E-state index in [1.54, 1.807) is 6.08 Å². The lowest BCUT2D eigenvalue weighted by Gasteiger charge is -2.25. The fraction of sp³-hybridized carbons (Fsp3) is 0.700. The van der Waals surface area contributed by atoms with Crippen molar-refractivity contribution in [2.75, 3.05) is 6.61 Å². The Bertz CT molecular complexity index is 191. The first kappa shape index (κ1) is 10.6. The molecule has 0 heterocycles. The molecule has 2 atom stereocenters. The number of ether oxygens (including phenoxy) is 1. The van der Waals surface area contributed by atoms with Gasteiger partial charge in [-0.2, -0.15) is 12.6 Å². The van der Waals surface area contributed by atoms with Crippen LogP contribution in [0.5, 0.6) is 0 Å². The van der Waals surface area contributed by atoms with E-state index in [0.717, 1.165) is 19.3 Å². The van der Waals surface area contributed by atoms with Gasteiger partial charge < -0.3 is 4.74 Å². The van der Waals surface area contributed by atoms with E-state index in [-0.39, 0.29) is 17.1 Å². The Hall–Kier alpha value is -0.440. The molecule has 0 spiro atoms. The van der Waals surface area contributed by atoms with Crippen LogP contribution in [0.1, 0.15) is 25.7 Å². The molecule has 2 unspecified atom stereocenters. The van der Waals surface area contributed by atoms with Crippen molar-refractivity contribution in [2.45, 2.75) is 30.9 Å². The van der Waals surface area contributed by atoms with Gasteiger partial charge in [-0.05, 0) is 12.8 Å². The zero-order chi connectivity index (χ0) is 9.68. The third-order valence-electron chi connectivity index (χ3n) is 2.38. The molecule has 2 nitrogen and oxygen atoms in total. The number of rotatable bonds is 3. The lowest BCUT2D eigenvalue weighted by molar-refractivity contribution is -0.148. The molecule has 0 radical (unpaired) electrons. The summed E-state index contributed by atoms with van der Waals surface area (Å²) in [6.07, 6.45) is 5.83. The van der Waals surface area contributed by atoms with Gasteiger partial charge in [0.25, 0.3) is 0 Å². The van der Waals surface area contributed by atoms with Crippen LogP contribution in [0.25, 0.3) is 0 Å². The van der Waals surface area contributed by atoms with Gasteiger partial charge in [0.05, 0.1) is 5.92 Å². The molecule has 1 fully saturated rings. The quantitative estimate of drug-likeness (QED) is 0.429. The molecule has 1 aliphatic carbocycles. The number of hydrogen-bond acceptors (Lipinski definition) is 3. The minimum absolute atomic E-state index is 0.00275. The van der Waals surface area contributed by atoms with Gasteiger partial charge in [0.2, 0.25) is 0 Å². The summed E-state index contributed by atoms with van der Waals surface area (Å²) in [6, 6.07) is 0. The summed E-state index contributed by atoms with van der Waals surface area (Å²) < 4.78 is 5.00. The Morgan fingerprint density at radius 3 is 2.85 bits per heavy atom. The van der Waals surface area contributed by atoms with E-state index in [2.05, 4.69) is 19.2 Å². The standard InChI is InChI=1S/C10H16O2S/c1-2-7-12-10(11)8-5-3-4-6-9(8)13/h2,8-9,13H,1,3-7H2. The van der Waals surface area contributed by atoms with Crippen LogP contribution < -0.4 is 0 Å². The molecule has 1 saturated carbocycles. The van der Waals surface area contributed by atoms with Crippen molar-refractivity contribution >= 4 is 18.6 Å². The Kier molecular flexibility index (Phi) is 4.36. The Morgan fingerprint density at radius 2 is 2.23 bits per heavy atom. The summed E-state index contributed by atoms with van der Waals surface area (Å²) in [5.74, 6) is -0.114. The Balaban J connectivity index is 2.39. The average molecular weight is 200 g/mol. The minimum atomic E-state index is -0.111. The number of thiol groups is 1. The van der Waals surface area contributed by atoms with E-state index in [1.807, 2.05) is 0 Å². The summed E-state index contributed by atoms with van der Waals surface area (Å²) in [6.45, 7) is 3.82. The molecule has 0 bridgehead atoms. The van der Waals surface area contributed by atoms with Gasteiger partial charge >= 0.3 is 5.97 Å². The maximum absolute atomic E-state index is 11.4. The Morgan fingerprint density at radius 1 is 1.54 bits per heavy atom. The lowest BCUT2D eigenvalue weighted by Crippen LogP contribution is -2.29. The van der Waals surface area contributed by atoms with Crippen LogP contribution in [0.2, 0.25) is 0 Å². The topological polar surface area (TPSA) is 26.3 Å². The molecule has 0 aromatic carbocycles. The van der Waals surface area contributed by atoms with Gasteiger partial charge in [-0.15, -0.1) is 0 Å². The van der Waals surface area contributed by atoms with Gasteiger partial charge in [0.15, 0.2) is 0 Å². The van der Waals surface area contributed by atoms with Gasteiger partial charge in [-0.3, -0.25) is 4.79 Å². The average Bonchev–Trinajstić information content (AvgIpc) is 2.15. The summed E-state index contributed by atoms with van der Waals surface area (Å²) >= 11 is 4.39. The third-order valence-corrected chi connectivity index (χ3v) is 2.99. The maximum atomic E-state index is 11.4. The van der Waals surface area contributed by atoms with Crippen LogP contribution >= 0.6 is 12.6 Å². The van der Waals surface area contributed by atoms with E-state index in [9.17, 15) is 4.79 Å². The summed E-state index contributed by atoms with van der Waals surface area (Å²) in [4.78, 5) is 11.4. The predicted octanol–water partition coefficient (Wildman–Crippen LogP) is 2.20. The first-order valence-electron chi connectivity index (χ1n) is 4.71. The molecule has 0 saturated heterocycles. The molecule has 0 aromatic rings. The number of carbonyl (C=O) groups is 1. The van der Waals surface area contributed by atoms with Crippen molar-refractivity contribution in [1.82, 2.24) is 0 Å². The van der Waals surface area contributed by atoms with Gasteiger partial charge in [-0.25, -0.2) is 0 Å². The molecule has 3 heteroatoms. The second-order valence-electron chi connectivity index (χ2n) is 3.38. The molecule has 0 aromatic heterocycles. The molecule has 13 heavy (non-hydrogen) atoms. The van der Waals surface area contributed by atoms with Crippen molar-refractivity contribution in [3.8, 4) is 0 Å². The first-order chi connectivity index (χ1) is 6.25. The Labute approximate surface area is 84.8 Å². The highest BCUT2D eigenvalue weighted by Crippen LogP contribution is 2.29. The van der Waals surface area contributed by atoms with E-state index >= 15 is 0 Å². The summed E-state index contributed by atoms with van der Waals surface area (Å²) in [5.41, 5.74) is 0. The summed E-state index contributed by atoms with van der Waals surface area (Å²) in [7, 11) is 0. The first-order valence-corrected chi connectivity index (χ1v) is 5.23. The normalized spacial score (nSPS) is 28.1. The van der Waals surface area contributed by atoms with E-state index in [0.29, 0.717) is 6.61 Å². The van der Waals surface area contributed by atoms with Gasteiger partial charge in [0, 0.05) is 5.25 Å². The fourth-order valence-corrected chi connectivity index (χ4v) is 2.09. The van der Waals surface area contributed by atoms with Crippen molar-refractivity contribution in [3.63, 3.8) is 0 Å². The maximum Gasteiger partial charge on any atom is 0.310 e. The van der Waals surface area contributed by atoms with Crippen LogP contribution in [-0.4, -0.2) is 17.8 Å². The third kappa shape index (κ3) is 3.07. The molecular formula is C10H16O2S. The molecule has 0 amide bonds. The highest BCUT2D eigenvalue weighted by atomic mass is 32.1.